The summed E-state index contributed by atoms with van der Waals surface area (Å²) in [5.74, 6) is 1.02. The van der Waals surface area contributed by atoms with E-state index in [1.54, 1.807) is 0 Å². The van der Waals surface area contributed by atoms with Gasteiger partial charge in [-0.25, -0.2) is 9.98 Å². The van der Waals surface area contributed by atoms with E-state index in [-0.39, 0.29) is 6.17 Å². The molecule has 63 heavy (non-hydrogen) atoms. The van der Waals surface area contributed by atoms with Crippen molar-refractivity contribution in [1.29, 1.82) is 0 Å². The highest BCUT2D eigenvalue weighted by molar-refractivity contribution is 6.26. The lowest BCUT2D eigenvalue weighted by Gasteiger charge is -2.15. The van der Waals surface area contributed by atoms with Crippen molar-refractivity contribution in [1.82, 2.24) is 9.13 Å². The van der Waals surface area contributed by atoms with Gasteiger partial charge in [-0.15, -0.1) is 0 Å². The summed E-state index contributed by atoms with van der Waals surface area (Å²) in [5, 5.41) is 12.5. The first-order valence-corrected chi connectivity index (χ1v) is 21.5. The van der Waals surface area contributed by atoms with Crippen LogP contribution in [0.4, 0.5) is 0 Å². The normalized spacial score (nSPS) is 13.0. The van der Waals surface area contributed by atoms with E-state index < -0.39 is 0 Å². The molecule has 298 valence electrons. The van der Waals surface area contributed by atoms with E-state index in [0.717, 1.165) is 33.4 Å². The average molecular weight is 808 g/mol. The molecule has 0 bridgehead atoms. The first-order valence-electron chi connectivity index (χ1n) is 21.5. The van der Waals surface area contributed by atoms with Gasteiger partial charge in [0, 0.05) is 38.4 Å². The number of aliphatic imine (C=N–C) groups is 2. The number of para-hydroxylation sites is 2. The number of benzene rings is 10. The molecule has 12 aromatic rings. The molecule has 5 heteroatoms. The molecule has 2 heterocycles. The SMILES string of the molecule is CC(/N=C(\N=C(N)c1ccccc1)c1ccccc1)n1c2ccccc2c2cc(-c3ccc4c(c3)c3ccccc3n4-c3ccc4c5ccccc5c5ccccc5c4c3)ccc21. The van der Waals surface area contributed by atoms with Crippen molar-refractivity contribution in [2.24, 2.45) is 15.7 Å². The third-order valence-electron chi connectivity index (χ3n) is 12.7. The van der Waals surface area contributed by atoms with Crippen LogP contribution in [0.1, 0.15) is 24.2 Å². The van der Waals surface area contributed by atoms with Crippen molar-refractivity contribution in [3.05, 3.63) is 223 Å². The van der Waals surface area contributed by atoms with Crippen molar-refractivity contribution in [2.45, 2.75) is 13.1 Å². The van der Waals surface area contributed by atoms with Gasteiger partial charge in [-0.2, -0.15) is 0 Å². The first kappa shape index (κ1) is 36.6. The Morgan fingerprint density at radius 3 is 1.48 bits per heavy atom. The predicted molar refractivity (Wildman–Crippen MR) is 267 cm³/mol. The van der Waals surface area contributed by atoms with Crippen LogP contribution in [0.2, 0.25) is 0 Å². The molecule has 0 spiro atoms. The van der Waals surface area contributed by atoms with E-state index in [9.17, 15) is 0 Å². The first-order chi connectivity index (χ1) is 31.1. The van der Waals surface area contributed by atoms with Gasteiger partial charge in [0.05, 0.1) is 22.1 Å². The number of fused-ring (bicyclic) bond motifs is 12. The highest BCUT2D eigenvalue weighted by atomic mass is 15.2. The molecular weight excluding hydrogens is 767 g/mol. The molecule has 0 amide bonds. The van der Waals surface area contributed by atoms with E-state index in [2.05, 4.69) is 168 Å². The van der Waals surface area contributed by atoms with Crippen molar-refractivity contribution in [3.63, 3.8) is 0 Å². The van der Waals surface area contributed by atoms with Crippen LogP contribution in [0.3, 0.4) is 0 Å². The van der Waals surface area contributed by atoms with Gasteiger partial charge in [0.15, 0.2) is 5.84 Å². The fraction of sp³-hybridized carbons (Fsp3) is 0.0345. The van der Waals surface area contributed by atoms with Crippen LogP contribution in [0, 0.1) is 0 Å². The number of hydrogen-bond donors (Lipinski definition) is 1. The van der Waals surface area contributed by atoms with E-state index in [4.69, 9.17) is 15.7 Å². The van der Waals surface area contributed by atoms with Gasteiger partial charge in [-0.3, -0.25) is 0 Å². The third kappa shape index (κ3) is 6.00. The van der Waals surface area contributed by atoms with Crippen LogP contribution in [0.25, 0.3) is 92.7 Å². The Morgan fingerprint density at radius 1 is 0.397 bits per heavy atom. The van der Waals surface area contributed by atoms with Crippen LogP contribution < -0.4 is 5.73 Å². The molecule has 5 nitrogen and oxygen atoms in total. The summed E-state index contributed by atoms with van der Waals surface area (Å²) in [4.78, 5) is 10.2. The summed E-state index contributed by atoms with van der Waals surface area (Å²) < 4.78 is 4.75. The summed E-state index contributed by atoms with van der Waals surface area (Å²) in [7, 11) is 0. The molecule has 0 aliphatic rings. The summed E-state index contributed by atoms with van der Waals surface area (Å²) in [6.07, 6.45) is -0.282. The fourth-order valence-corrected chi connectivity index (χ4v) is 9.83. The molecule has 0 saturated heterocycles. The Morgan fingerprint density at radius 2 is 0.841 bits per heavy atom. The minimum Gasteiger partial charge on any atom is -0.383 e. The molecule has 0 saturated carbocycles. The Hall–Kier alpha value is -8.28. The maximum absolute atomic E-state index is 6.59. The molecule has 10 aromatic carbocycles. The summed E-state index contributed by atoms with van der Waals surface area (Å²) in [6.45, 7) is 2.13. The number of hydrogen-bond acceptors (Lipinski definition) is 1. The van der Waals surface area contributed by atoms with Gasteiger partial charge in [0.1, 0.15) is 12.0 Å². The zero-order valence-electron chi connectivity index (χ0n) is 34.7. The highest BCUT2D eigenvalue weighted by Crippen LogP contribution is 2.41. The van der Waals surface area contributed by atoms with Gasteiger partial charge in [-0.1, -0.05) is 164 Å². The second kappa shape index (κ2) is 14.7. The standard InChI is InChI=1S/C58H41N5/c1-37(60-58(39-18-6-3-7-19-39)61-57(59)38-16-4-2-5-17-38)62-53-26-14-12-24-48(53)51-34-40(28-32-55(51)62)41-29-33-56-52(35-41)49-25-13-15-27-54(49)63(56)42-30-31-47-45-22-9-8-20-43(45)44-21-10-11-23-46(44)50(47)36-42/h2-37H,1H3,(H2,59,60,61). The van der Waals surface area contributed by atoms with E-state index in [1.807, 2.05) is 60.7 Å². The summed E-state index contributed by atoms with van der Waals surface area (Å²) in [5.41, 5.74) is 16.4. The minimum atomic E-state index is -0.282. The Kier molecular flexibility index (Phi) is 8.54. The molecule has 0 fully saturated rings. The molecule has 0 aliphatic carbocycles. The molecule has 0 radical (unpaired) electrons. The van der Waals surface area contributed by atoms with Gasteiger partial charge in [-0.05, 0) is 98.9 Å². The van der Waals surface area contributed by atoms with Gasteiger partial charge in [0.2, 0.25) is 0 Å². The lowest BCUT2D eigenvalue weighted by Crippen LogP contribution is -2.17. The van der Waals surface area contributed by atoms with Crippen molar-refractivity contribution < 1.29 is 0 Å². The van der Waals surface area contributed by atoms with Gasteiger partial charge < -0.3 is 14.9 Å². The van der Waals surface area contributed by atoms with E-state index >= 15 is 0 Å². The van der Waals surface area contributed by atoms with Crippen LogP contribution in [-0.4, -0.2) is 20.8 Å². The molecule has 2 N–H and O–H groups in total. The Bertz CT molecular complexity index is 3780. The number of nitrogens with zero attached hydrogens (tertiary/aromatic N) is 4. The molecule has 2 aromatic heterocycles. The number of amidine groups is 2. The lowest BCUT2D eigenvalue weighted by molar-refractivity contribution is 0.613. The summed E-state index contributed by atoms with van der Waals surface area (Å²) >= 11 is 0. The quantitative estimate of drug-likeness (QED) is 0.102. The van der Waals surface area contributed by atoms with E-state index in [1.165, 1.54) is 70.5 Å². The van der Waals surface area contributed by atoms with Crippen LogP contribution in [0.15, 0.2) is 222 Å². The monoisotopic (exact) mass is 807 g/mol. The topological polar surface area (TPSA) is 60.6 Å². The molecular formula is C58H41N5. The second-order valence-electron chi connectivity index (χ2n) is 16.3. The molecule has 0 aliphatic heterocycles. The maximum atomic E-state index is 6.59. The molecule has 1 atom stereocenters. The van der Waals surface area contributed by atoms with Crippen LogP contribution in [-0.2, 0) is 0 Å². The van der Waals surface area contributed by atoms with E-state index in [0.29, 0.717) is 11.7 Å². The zero-order valence-corrected chi connectivity index (χ0v) is 34.7. The molecule has 12 rings (SSSR count). The maximum Gasteiger partial charge on any atom is 0.159 e. The third-order valence-corrected chi connectivity index (χ3v) is 12.7. The second-order valence-corrected chi connectivity index (χ2v) is 16.3. The van der Waals surface area contributed by atoms with Crippen LogP contribution >= 0.6 is 0 Å². The average Bonchev–Trinajstić information content (AvgIpc) is 3.86. The van der Waals surface area contributed by atoms with Crippen molar-refractivity contribution >= 4 is 87.6 Å². The number of aromatic nitrogens is 2. The minimum absolute atomic E-state index is 0.282. The van der Waals surface area contributed by atoms with Gasteiger partial charge >= 0.3 is 0 Å². The predicted octanol–water partition coefficient (Wildman–Crippen LogP) is 14.4. The van der Waals surface area contributed by atoms with Crippen LogP contribution in [0.5, 0.6) is 0 Å². The smallest absolute Gasteiger partial charge is 0.159 e. The Balaban J connectivity index is 0.984. The molecule has 1 unspecified atom stereocenters. The Labute approximate surface area is 364 Å². The zero-order chi connectivity index (χ0) is 42.0. The van der Waals surface area contributed by atoms with Gasteiger partial charge in [0.25, 0.3) is 0 Å². The largest absolute Gasteiger partial charge is 0.383 e. The number of rotatable bonds is 6. The van der Waals surface area contributed by atoms with Crippen molar-refractivity contribution in [3.8, 4) is 16.8 Å². The lowest BCUT2D eigenvalue weighted by atomic mass is 9.94. The highest BCUT2D eigenvalue weighted by Gasteiger charge is 2.19. The number of nitrogens with two attached hydrogens (primary N) is 1. The van der Waals surface area contributed by atoms with Crippen molar-refractivity contribution in [2.75, 3.05) is 0 Å². The summed E-state index contributed by atoms with van der Waals surface area (Å²) in [6, 6.07) is 75.6. The fourth-order valence-electron chi connectivity index (χ4n) is 9.83.